The third kappa shape index (κ3) is 18.8. The molecule has 0 aromatic carbocycles. The summed E-state index contributed by atoms with van der Waals surface area (Å²) in [6.07, 6.45) is 31.0. The highest BCUT2D eigenvalue weighted by Crippen LogP contribution is 2.57. The number of aromatic nitrogens is 4. The number of ether oxygens (including phenoxy) is 3. The van der Waals surface area contributed by atoms with Gasteiger partial charge in [0.05, 0.1) is 63.5 Å². The van der Waals surface area contributed by atoms with Crippen LogP contribution in [-0.4, -0.2) is 167 Å². The number of unbranched alkanes of at least 4 members (excludes halogenated alkanes) is 1. The summed E-state index contributed by atoms with van der Waals surface area (Å²) in [5, 5.41) is 25.0. The summed E-state index contributed by atoms with van der Waals surface area (Å²) in [5.41, 5.74) is 4.94. The van der Waals surface area contributed by atoms with Crippen LogP contribution in [0.25, 0.3) is 0 Å². The van der Waals surface area contributed by atoms with Gasteiger partial charge in [-0.2, -0.15) is 0 Å². The van der Waals surface area contributed by atoms with E-state index in [2.05, 4.69) is 47.8 Å². The summed E-state index contributed by atoms with van der Waals surface area (Å²) in [4.78, 5) is 148. The maximum Gasteiger partial charge on any atom is 0.355 e. The highest BCUT2D eigenvalue weighted by Gasteiger charge is 2.56. The number of rotatable bonds is 28. The zero-order valence-electron chi connectivity index (χ0n) is 71.4. The van der Waals surface area contributed by atoms with Crippen molar-refractivity contribution in [3.63, 3.8) is 0 Å². The molecule has 8 atom stereocenters. The Labute approximate surface area is 713 Å². The molecule has 4 amide bonds. The minimum Gasteiger partial charge on any atom is -0.450 e. The van der Waals surface area contributed by atoms with Gasteiger partial charge in [0.15, 0.2) is 0 Å². The van der Waals surface area contributed by atoms with Crippen LogP contribution in [0.1, 0.15) is 333 Å². The Morgan fingerprint density at radius 3 is 1.28 bits per heavy atom. The second kappa shape index (κ2) is 35.8. The average Bonchev–Trinajstić information content (AvgIpc) is 1.73. The van der Waals surface area contributed by atoms with E-state index in [9.17, 15) is 29.1 Å². The fourth-order valence-corrected chi connectivity index (χ4v) is 25.3. The molecule has 0 radical (unpaired) electrons. The zero-order chi connectivity index (χ0) is 82.6. The number of nitrogens with zero attached hydrogens (tertiary/aromatic N) is 8. The van der Waals surface area contributed by atoms with E-state index < -0.39 is 53.5 Å². The van der Waals surface area contributed by atoms with Crippen LogP contribution >= 0.6 is 0 Å². The van der Waals surface area contributed by atoms with Crippen molar-refractivity contribution < 1.29 is 57.7 Å². The Morgan fingerprint density at radius 1 is 0.413 bits per heavy atom. The van der Waals surface area contributed by atoms with Crippen molar-refractivity contribution in [1.82, 2.24) is 41.2 Å². The van der Waals surface area contributed by atoms with Crippen LogP contribution < -0.4 is 40.9 Å². The van der Waals surface area contributed by atoms with Crippen LogP contribution in [0, 0.1) is 65.1 Å². The van der Waals surface area contributed by atoms with Gasteiger partial charge in [0.25, 0.3) is 23.6 Å². The number of hydrogen-bond acceptors (Lipinski definition) is 20. The molecule has 24 nitrogen and oxygen atoms in total. The Bertz CT molecular complexity index is 4470. The quantitative estimate of drug-likeness (QED) is 0.0200. The summed E-state index contributed by atoms with van der Waals surface area (Å²) >= 11 is 0. The van der Waals surface area contributed by atoms with Gasteiger partial charge in [-0.1, -0.05) is 51.9 Å². The SMILES string of the molecule is CCCCc1nc(N2CCC[C@@H](CC(=O)OC(=O)C(OC(=O)C(OC(=O)C[C@@H]3CCCN(c4ccc(C(=O)NC5C6CC7CC5CC(O)(C7)C6)c(C5CC5)n4)C3)[C@H]3CCCN(c4ccc(C(=O)NC5C6CC7CC(C6)CC5C7)c(C5CC5)n4)C3)[C@H]3CCCN(c4ccc(C(=O)NC5CCCCC5)c(C5CC5)n4)C3)C2)ccc1C(=O)NC1CCCCC1. The van der Waals surface area contributed by atoms with Crippen molar-refractivity contribution in [3.8, 4) is 0 Å². The number of aryl methyl sites for hydroxylation is 1. The molecule has 17 aliphatic rings. The number of amides is 4. The molecule has 13 saturated carbocycles. The van der Waals surface area contributed by atoms with Crippen LogP contribution in [0.5, 0.6) is 0 Å². The van der Waals surface area contributed by atoms with Gasteiger partial charge >= 0.3 is 23.9 Å². The molecular weight excluding hydrogens is 1530 g/mol. The molecule has 0 spiro atoms. The normalized spacial score (nSPS) is 30.7. The number of piperidine rings is 4. The monoisotopic (exact) mass is 1650 g/mol. The largest absolute Gasteiger partial charge is 0.450 e. The lowest BCUT2D eigenvalue weighted by Gasteiger charge is -2.58. The lowest BCUT2D eigenvalue weighted by Crippen LogP contribution is -2.61. The van der Waals surface area contributed by atoms with Crippen molar-refractivity contribution in [2.75, 3.05) is 72.0 Å². The first-order chi connectivity index (χ1) is 58.9. The van der Waals surface area contributed by atoms with Gasteiger partial charge in [-0.05, 0) is 294 Å². The van der Waals surface area contributed by atoms with E-state index in [1.54, 1.807) is 0 Å². The number of esters is 4. The van der Waals surface area contributed by atoms with Gasteiger partial charge < -0.3 is 60.2 Å². The molecular formula is C97H130N12O12. The third-order valence-corrected chi connectivity index (χ3v) is 31.5. The summed E-state index contributed by atoms with van der Waals surface area (Å²) < 4.78 is 19.5. The number of aliphatic hydroxyl groups is 1. The number of carbonyl (C=O) groups excluding carboxylic acids is 8. The van der Waals surface area contributed by atoms with Gasteiger partial charge in [0, 0.05) is 106 Å². The van der Waals surface area contributed by atoms with Crippen molar-refractivity contribution in [2.45, 2.75) is 317 Å². The second-order valence-corrected chi connectivity index (χ2v) is 40.7. The average molecular weight is 1660 g/mol. The first-order valence-electron chi connectivity index (χ1n) is 48.0. The first-order valence-corrected chi connectivity index (χ1v) is 48.0. The number of pyridine rings is 4. The van der Waals surface area contributed by atoms with E-state index in [0.717, 1.165) is 200 Å². The van der Waals surface area contributed by atoms with Crippen LogP contribution in [0.15, 0.2) is 48.5 Å². The zero-order valence-corrected chi connectivity index (χ0v) is 71.4. The van der Waals surface area contributed by atoms with Crippen molar-refractivity contribution in [3.05, 3.63) is 93.6 Å². The fraction of sp³-hybridized carbons (Fsp3) is 0.711. The molecule has 13 aliphatic carbocycles. The standard InChI is InChI=1S/C97H130N12O12/c1-2-3-22-77-73(91(112)98-71-18-6-4-7-19-71)29-33-78(100-77)106-37-10-15-58(53-106)49-83(111)120-95(116)90(66-17-13-40-109(56-66)80-35-30-74(86(102-80)62-23-24-62)92(113)99-72-20-8-5-9-21-72)121-96(117)89(65-16-12-39-108(55-65)81-36-32-75(88(103-81)64-27-28-64)93(114)104-84-67-42-59-41-60(44-67)45-68(84)43-59)119-82(110)48-57-14-11-38-107(54-57)79-34-31-76(87(101-79)63-25-26-63)94(115)105-85-69-46-61-47-70(85)52-97(118,50-61)51-69/h29-36,57-72,84-85,89-90,118H,2-28,37-56H2,1H3,(H,98,112)(H,99,113)(H,104,114)(H,105,115)/t57-,58-,59?,60?,61?,65-,66-,67?,68?,69?,70?,84?,85?,89?,90?,97?/m0/s1. The molecule has 4 unspecified atom stereocenters. The molecule has 21 rings (SSSR count). The molecule has 24 heteroatoms. The molecule has 4 aliphatic heterocycles. The first kappa shape index (κ1) is 82.3. The predicted molar refractivity (Wildman–Crippen MR) is 458 cm³/mol. The minimum absolute atomic E-state index is 0.0162. The van der Waals surface area contributed by atoms with Gasteiger partial charge in [-0.15, -0.1) is 0 Å². The molecule has 4 aromatic heterocycles. The molecule has 5 N–H and O–H groups in total. The van der Waals surface area contributed by atoms with E-state index in [0.29, 0.717) is 129 Å². The summed E-state index contributed by atoms with van der Waals surface area (Å²) in [5.74, 6) is 1.60. The number of anilines is 4. The fourth-order valence-electron chi connectivity index (χ4n) is 25.3. The van der Waals surface area contributed by atoms with Crippen molar-refractivity contribution >= 4 is 70.8 Å². The Morgan fingerprint density at radius 2 is 0.818 bits per heavy atom. The van der Waals surface area contributed by atoms with Crippen LogP contribution in [-0.2, 0) is 39.8 Å². The van der Waals surface area contributed by atoms with Crippen LogP contribution in [0.2, 0.25) is 0 Å². The number of hydrogen-bond donors (Lipinski definition) is 5. The molecule has 4 aromatic rings. The molecule has 8 bridgehead atoms. The van der Waals surface area contributed by atoms with E-state index >= 15 is 14.4 Å². The molecule has 17 fully saturated rings. The molecule has 650 valence electrons. The Kier molecular flexibility index (Phi) is 24.3. The maximum atomic E-state index is 16.1. The lowest BCUT2D eigenvalue weighted by molar-refractivity contribution is -0.187. The smallest absolute Gasteiger partial charge is 0.355 e. The van der Waals surface area contributed by atoms with Gasteiger partial charge in [-0.25, -0.2) is 29.5 Å². The van der Waals surface area contributed by atoms with Crippen molar-refractivity contribution in [2.24, 2.45) is 65.1 Å². The molecule has 121 heavy (non-hydrogen) atoms. The van der Waals surface area contributed by atoms with Crippen molar-refractivity contribution in [1.29, 1.82) is 0 Å². The van der Waals surface area contributed by atoms with Crippen LogP contribution in [0.3, 0.4) is 0 Å². The van der Waals surface area contributed by atoms with Gasteiger partial charge in [0.1, 0.15) is 23.3 Å². The highest BCUT2D eigenvalue weighted by atomic mass is 16.6. The third-order valence-electron chi connectivity index (χ3n) is 31.5. The maximum absolute atomic E-state index is 16.1. The lowest BCUT2D eigenvalue weighted by atomic mass is 9.52. The van der Waals surface area contributed by atoms with E-state index in [1.165, 1.54) is 44.9 Å². The van der Waals surface area contributed by atoms with Gasteiger partial charge in [0.2, 0.25) is 12.2 Å². The summed E-state index contributed by atoms with van der Waals surface area (Å²) in [7, 11) is 0. The Balaban J connectivity index is 0.586. The van der Waals surface area contributed by atoms with E-state index in [4.69, 9.17) is 34.1 Å². The second-order valence-electron chi connectivity index (χ2n) is 40.7. The highest BCUT2D eigenvalue weighted by molar-refractivity contribution is 5.98. The minimum atomic E-state index is -1.62. The van der Waals surface area contributed by atoms with Gasteiger partial charge in [-0.3, -0.25) is 28.8 Å². The Hall–Kier alpha value is -8.28. The number of nitrogens with one attached hydrogen (secondary N) is 4. The summed E-state index contributed by atoms with van der Waals surface area (Å²) in [6.45, 7) is 6.08. The van der Waals surface area contributed by atoms with E-state index in [1.807, 2.05) is 48.5 Å². The summed E-state index contributed by atoms with van der Waals surface area (Å²) in [6, 6.07) is 15.8. The van der Waals surface area contributed by atoms with Crippen LogP contribution in [0.4, 0.5) is 23.3 Å². The van der Waals surface area contributed by atoms with E-state index in [-0.39, 0.29) is 115 Å². The molecule has 4 saturated heterocycles. The number of carbonyl (C=O) groups is 8. The predicted octanol–water partition coefficient (Wildman–Crippen LogP) is 14.2. The topological polar surface area (TPSA) is 297 Å². The molecule has 8 heterocycles.